The molecule has 6 heteroatoms. The summed E-state index contributed by atoms with van der Waals surface area (Å²) in [5, 5.41) is 0.787. The molecule has 0 spiro atoms. The molecular formula is C11H13N3O2S. The van der Waals surface area contributed by atoms with Gasteiger partial charge < -0.3 is 15.5 Å². The fraction of sp³-hybridized carbons (Fsp3) is 0.273. The Morgan fingerprint density at radius 1 is 1.59 bits per heavy atom. The van der Waals surface area contributed by atoms with Crippen LogP contribution in [0, 0.1) is 0 Å². The maximum atomic E-state index is 10.9. The number of imidazole rings is 1. The number of rotatable bonds is 4. The van der Waals surface area contributed by atoms with E-state index in [1.807, 2.05) is 18.2 Å². The molecule has 0 atom stereocenters. The Bertz CT molecular complexity index is 538. The highest BCUT2D eigenvalue weighted by Gasteiger charge is 2.05. The predicted octanol–water partition coefficient (Wildman–Crippen LogP) is 1.80. The third-order valence-electron chi connectivity index (χ3n) is 2.26. The van der Waals surface area contributed by atoms with E-state index in [9.17, 15) is 4.79 Å². The normalized spacial score (nSPS) is 10.6. The lowest BCUT2D eigenvalue weighted by molar-refractivity contribution is -0.140. The second-order valence-corrected chi connectivity index (χ2v) is 4.58. The lowest BCUT2D eigenvalue weighted by atomic mass is 10.3. The van der Waals surface area contributed by atoms with Gasteiger partial charge in [0.25, 0.3) is 0 Å². The zero-order valence-electron chi connectivity index (χ0n) is 9.40. The number of hydrogen-bond acceptors (Lipinski definition) is 5. The molecule has 0 amide bonds. The van der Waals surface area contributed by atoms with Crippen molar-refractivity contribution in [2.24, 2.45) is 0 Å². The quantitative estimate of drug-likeness (QED) is 0.492. The van der Waals surface area contributed by atoms with Crippen LogP contribution in [0.1, 0.15) is 6.42 Å². The van der Waals surface area contributed by atoms with Crippen molar-refractivity contribution in [3.05, 3.63) is 18.2 Å². The molecule has 1 aromatic carbocycles. The first-order chi connectivity index (χ1) is 8.19. The number of ether oxygens (including phenoxy) is 1. The van der Waals surface area contributed by atoms with Gasteiger partial charge in [-0.15, -0.1) is 0 Å². The van der Waals surface area contributed by atoms with Crippen LogP contribution in [-0.2, 0) is 9.53 Å². The molecule has 1 heterocycles. The van der Waals surface area contributed by atoms with Crippen LogP contribution in [0.3, 0.4) is 0 Å². The van der Waals surface area contributed by atoms with Gasteiger partial charge in [-0.1, -0.05) is 11.8 Å². The number of nitrogens with two attached hydrogens (primary N) is 1. The van der Waals surface area contributed by atoms with Crippen LogP contribution in [0.2, 0.25) is 0 Å². The topological polar surface area (TPSA) is 81.0 Å². The minimum absolute atomic E-state index is 0.210. The maximum Gasteiger partial charge on any atom is 0.306 e. The molecule has 0 aliphatic heterocycles. The number of nitrogens with zero attached hydrogens (tertiary/aromatic N) is 1. The zero-order chi connectivity index (χ0) is 12.3. The summed E-state index contributed by atoms with van der Waals surface area (Å²) in [6.07, 6.45) is 0.375. The van der Waals surface area contributed by atoms with Crippen LogP contribution in [0.15, 0.2) is 23.4 Å². The van der Waals surface area contributed by atoms with Crippen molar-refractivity contribution in [3.63, 3.8) is 0 Å². The third kappa shape index (κ3) is 2.91. The highest BCUT2D eigenvalue weighted by Crippen LogP contribution is 2.21. The molecule has 0 aliphatic rings. The van der Waals surface area contributed by atoms with E-state index in [-0.39, 0.29) is 5.97 Å². The van der Waals surface area contributed by atoms with Gasteiger partial charge in [0.15, 0.2) is 5.16 Å². The van der Waals surface area contributed by atoms with Crippen molar-refractivity contribution in [2.75, 3.05) is 18.6 Å². The van der Waals surface area contributed by atoms with Gasteiger partial charge >= 0.3 is 5.97 Å². The molecule has 3 N–H and O–H groups in total. The molecule has 0 saturated carbocycles. The van der Waals surface area contributed by atoms with Crippen molar-refractivity contribution >= 4 is 34.5 Å². The number of carbonyl (C=O) groups is 1. The standard InChI is InChI=1S/C11H13N3O2S/c1-16-10(15)4-5-17-11-13-8-3-2-7(12)6-9(8)14-11/h2-3,6H,4-5,12H2,1H3,(H,13,14). The summed E-state index contributed by atoms with van der Waals surface area (Å²) in [7, 11) is 1.39. The van der Waals surface area contributed by atoms with Gasteiger partial charge in [0, 0.05) is 11.4 Å². The molecule has 0 radical (unpaired) electrons. The molecule has 5 nitrogen and oxygen atoms in total. The number of esters is 1. The van der Waals surface area contributed by atoms with E-state index >= 15 is 0 Å². The Kier molecular flexibility index (Phi) is 3.53. The van der Waals surface area contributed by atoms with Crippen LogP contribution in [-0.4, -0.2) is 28.8 Å². The van der Waals surface area contributed by atoms with Gasteiger partial charge in [-0.05, 0) is 18.2 Å². The molecule has 0 bridgehead atoms. The van der Waals surface area contributed by atoms with Crippen LogP contribution < -0.4 is 5.73 Å². The average Bonchev–Trinajstić information content (AvgIpc) is 2.70. The molecular weight excluding hydrogens is 238 g/mol. The van der Waals surface area contributed by atoms with Crippen molar-refractivity contribution < 1.29 is 9.53 Å². The molecule has 0 fully saturated rings. The van der Waals surface area contributed by atoms with Crippen LogP contribution in [0.4, 0.5) is 5.69 Å². The number of benzene rings is 1. The highest BCUT2D eigenvalue weighted by atomic mass is 32.2. The summed E-state index contributed by atoms with van der Waals surface area (Å²) in [5.41, 5.74) is 8.16. The first kappa shape index (κ1) is 11.8. The van der Waals surface area contributed by atoms with E-state index in [2.05, 4.69) is 14.7 Å². The second kappa shape index (κ2) is 5.09. The largest absolute Gasteiger partial charge is 0.469 e. The van der Waals surface area contributed by atoms with Crippen LogP contribution in [0.5, 0.6) is 0 Å². The molecule has 0 aliphatic carbocycles. The Hall–Kier alpha value is -1.69. The van der Waals surface area contributed by atoms with E-state index in [1.54, 1.807) is 0 Å². The molecule has 2 aromatic rings. The fourth-order valence-electron chi connectivity index (χ4n) is 1.41. The number of nitrogens with one attached hydrogen (secondary N) is 1. The van der Waals surface area contributed by atoms with Crippen LogP contribution in [0.25, 0.3) is 11.0 Å². The first-order valence-corrected chi connectivity index (χ1v) is 6.12. The molecule has 17 heavy (non-hydrogen) atoms. The van der Waals surface area contributed by atoms with Gasteiger partial charge in [-0.3, -0.25) is 4.79 Å². The maximum absolute atomic E-state index is 10.9. The Morgan fingerprint density at radius 3 is 3.18 bits per heavy atom. The number of thioether (sulfide) groups is 1. The van der Waals surface area contributed by atoms with Crippen molar-refractivity contribution in [2.45, 2.75) is 11.6 Å². The number of H-pyrrole nitrogens is 1. The summed E-state index contributed by atoms with van der Waals surface area (Å²) in [6.45, 7) is 0. The third-order valence-corrected chi connectivity index (χ3v) is 3.13. The number of anilines is 1. The lowest BCUT2D eigenvalue weighted by Crippen LogP contribution is -2.01. The van der Waals surface area contributed by atoms with Gasteiger partial charge in [0.05, 0.1) is 24.6 Å². The van der Waals surface area contributed by atoms with Gasteiger partial charge in [-0.25, -0.2) is 4.98 Å². The number of methoxy groups -OCH3 is 1. The Morgan fingerprint density at radius 2 is 2.41 bits per heavy atom. The van der Waals surface area contributed by atoms with Crippen molar-refractivity contribution in [1.82, 2.24) is 9.97 Å². The van der Waals surface area contributed by atoms with Gasteiger partial charge in [-0.2, -0.15) is 0 Å². The molecule has 2 rings (SSSR count). The SMILES string of the molecule is COC(=O)CCSc1nc2ccc(N)cc2[nH]1. The Labute approximate surface area is 103 Å². The van der Waals surface area contributed by atoms with Crippen molar-refractivity contribution in [1.29, 1.82) is 0 Å². The van der Waals surface area contributed by atoms with Gasteiger partial charge in [0.2, 0.25) is 0 Å². The summed E-state index contributed by atoms with van der Waals surface area (Å²) in [5.74, 6) is 0.431. The molecule has 1 aromatic heterocycles. The number of nitrogen functional groups attached to an aromatic ring is 1. The van der Waals surface area contributed by atoms with E-state index < -0.39 is 0 Å². The van der Waals surface area contributed by atoms with E-state index in [4.69, 9.17) is 5.73 Å². The second-order valence-electron chi connectivity index (χ2n) is 3.49. The smallest absolute Gasteiger partial charge is 0.306 e. The van der Waals surface area contributed by atoms with Crippen LogP contribution >= 0.6 is 11.8 Å². The number of aromatic nitrogens is 2. The molecule has 0 unspecified atom stereocenters. The predicted molar refractivity (Wildman–Crippen MR) is 67.9 cm³/mol. The molecule has 0 saturated heterocycles. The highest BCUT2D eigenvalue weighted by molar-refractivity contribution is 7.99. The average molecular weight is 251 g/mol. The summed E-state index contributed by atoms with van der Waals surface area (Å²) in [6, 6.07) is 5.52. The zero-order valence-corrected chi connectivity index (χ0v) is 10.2. The first-order valence-electron chi connectivity index (χ1n) is 5.14. The fourth-order valence-corrected chi connectivity index (χ4v) is 2.21. The minimum atomic E-state index is -0.210. The Balaban J connectivity index is 2.02. The summed E-state index contributed by atoms with van der Waals surface area (Å²) < 4.78 is 4.56. The lowest BCUT2D eigenvalue weighted by Gasteiger charge is -1.96. The summed E-state index contributed by atoms with van der Waals surface area (Å²) >= 11 is 1.49. The monoisotopic (exact) mass is 251 g/mol. The summed E-state index contributed by atoms with van der Waals surface area (Å²) in [4.78, 5) is 18.5. The van der Waals surface area contributed by atoms with E-state index in [0.717, 1.165) is 16.2 Å². The van der Waals surface area contributed by atoms with E-state index in [1.165, 1.54) is 18.9 Å². The molecule has 90 valence electrons. The van der Waals surface area contributed by atoms with Crippen molar-refractivity contribution in [3.8, 4) is 0 Å². The van der Waals surface area contributed by atoms with E-state index in [0.29, 0.717) is 17.9 Å². The minimum Gasteiger partial charge on any atom is -0.469 e. The number of fused-ring (bicyclic) bond motifs is 1. The van der Waals surface area contributed by atoms with Gasteiger partial charge in [0.1, 0.15) is 0 Å². The number of carbonyl (C=O) groups excluding carboxylic acids is 1. The number of hydrogen-bond donors (Lipinski definition) is 2. The number of aromatic amines is 1.